The quantitative estimate of drug-likeness (QED) is 0.758. The highest BCUT2D eigenvalue weighted by molar-refractivity contribution is 6.32. The third-order valence-electron chi connectivity index (χ3n) is 2.77. The Kier molecular flexibility index (Phi) is 2.90. The number of rotatable bonds is 3. The molecular weight excluding hydrogens is 204 g/mol. The molecule has 0 atom stereocenters. The second-order valence-corrected chi connectivity index (χ2v) is 3.96. The number of aliphatic carboxylic acids is 1. The van der Waals surface area contributed by atoms with E-state index in [1.807, 2.05) is 42.0 Å². The van der Waals surface area contributed by atoms with Crippen LogP contribution < -0.4 is 0 Å². The minimum atomic E-state index is -0.851. The lowest BCUT2D eigenvalue weighted by atomic mass is 10.2. The molecule has 16 heavy (non-hydrogen) atoms. The molecule has 1 aromatic rings. The van der Waals surface area contributed by atoms with Gasteiger partial charge in [-0.3, -0.25) is 4.90 Å². The van der Waals surface area contributed by atoms with Gasteiger partial charge in [-0.1, -0.05) is 30.3 Å². The lowest BCUT2D eigenvalue weighted by molar-refractivity contribution is -0.533. The maximum Gasteiger partial charge on any atom is 0.418 e. The molecule has 4 heteroatoms. The fourth-order valence-electron chi connectivity index (χ4n) is 1.98. The third kappa shape index (κ3) is 2.05. The van der Waals surface area contributed by atoms with Crippen molar-refractivity contribution in [3.05, 3.63) is 35.9 Å². The van der Waals surface area contributed by atoms with Crippen molar-refractivity contribution < 1.29 is 14.5 Å². The largest absolute Gasteiger partial charge is 0.472 e. The van der Waals surface area contributed by atoms with Gasteiger partial charge < -0.3 is 5.11 Å². The second kappa shape index (κ2) is 4.35. The highest BCUT2D eigenvalue weighted by Gasteiger charge is 2.33. The Bertz CT molecular complexity index is 426. The Balaban J connectivity index is 2.24. The third-order valence-corrected chi connectivity index (χ3v) is 2.77. The molecule has 0 aromatic heterocycles. The molecule has 0 aliphatic carbocycles. The molecule has 84 valence electrons. The summed E-state index contributed by atoms with van der Waals surface area (Å²) in [5.74, 6) is -0.459. The number of hydrogen-bond acceptors (Lipinski definition) is 2. The average Bonchev–Trinajstić information content (AvgIpc) is 2.61. The Morgan fingerprint density at radius 1 is 1.44 bits per heavy atom. The lowest BCUT2D eigenvalue weighted by Crippen LogP contribution is -2.33. The summed E-state index contributed by atoms with van der Waals surface area (Å²) in [6.07, 6.45) is 0. The molecule has 0 saturated heterocycles. The summed E-state index contributed by atoms with van der Waals surface area (Å²) >= 11 is 0. The summed E-state index contributed by atoms with van der Waals surface area (Å²) in [5, 5.41) is 9.11. The zero-order chi connectivity index (χ0) is 11.5. The molecule has 0 radical (unpaired) electrons. The molecule has 0 fully saturated rings. The molecule has 0 saturated carbocycles. The van der Waals surface area contributed by atoms with Gasteiger partial charge in [-0.25, -0.2) is 9.37 Å². The summed E-state index contributed by atoms with van der Waals surface area (Å²) in [5.41, 5.74) is 1.14. The summed E-state index contributed by atoms with van der Waals surface area (Å²) < 4.78 is 1.90. The first kappa shape index (κ1) is 10.7. The number of likely N-dealkylation sites (N-methyl/N-ethyl adjacent to an activating group) is 1. The molecule has 4 nitrogen and oxygen atoms in total. The fourth-order valence-corrected chi connectivity index (χ4v) is 1.98. The summed E-state index contributed by atoms with van der Waals surface area (Å²) in [6.45, 7) is 2.20. The maximum absolute atomic E-state index is 11.1. The first-order chi connectivity index (χ1) is 7.68. The molecule has 1 heterocycles. The van der Waals surface area contributed by atoms with E-state index in [-0.39, 0.29) is 0 Å². The van der Waals surface area contributed by atoms with E-state index < -0.39 is 5.97 Å². The van der Waals surface area contributed by atoms with Crippen LogP contribution in [-0.2, 0) is 11.3 Å². The van der Waals surface area contributed by atoms with Gasteiger partial charge in [-0.15, -0.1) is 0 Å². The fraction of sp³-hybridized carbons (Fsp3) is 0.333. The maximum atomic E-state index is 11.1. The zero-order valence-electron chi connectivity index (χ0n) is 9.26. The van der Waals surface area contributed by atoms with E-state index in [1.54, 1.807) is 4.90 Å². The number of amidine groups is 1. The van der Waals surface area contributed by atoms with Crippen LogP contribution in [0.25, 0.3) is 0 Å². The van der Waals surface area contributed by atoms with Gasteiger partial charge in [-0.05, 0) is 5.56 Å². The smallest absolute Gasteiger partial charge is 0.418 e. The first-order valence-corrected chi connectivity index (χ1v) is 5.29. The van der Waals surface area contributed by atoms with Gasteiger partial charge in [0, 0.05) is 0 Å². The van der Waals surface area contributed by atoms with E-state index in [9.17, 15) is 4.79 Å². The second-order valence-electron chi connectivity index (χ2n) is 3.96. The summed E-state index contributed by atoms with van der Waals surface area (Å²) in [6, 6.07) is 9.92. The van der Waals surface area contributed by atoms with Crippen LogP contribution in [0.2, 0.25) is 0 Å². The molecule has 1 N–H and O–H groups in total. The van der Waals surface area contributed by atoms with Gasteiger partial charge in [0.05, 0.1) is 7.05 Å². The van der Waals surface area contributed by atoms with Crippen molar-refractivity contribution in [2.24, 2.45) is 0 Å². The monoisotopic (exact) mass is 219 g/mol. The van der Waals surface area contributed by atoms with Crippen LogP contribution in [0.5, 0.6) is 0 Å². The average molecular weight is 219 g/mol. The Labute approximate surface area is 94.4 Å². The van der Waals surface area contributed by atoms with E-state index >= 15 is 0 Å². The number of carboxylic acid groups (broad SMARTS) is 1. The number of nitrogens with zero attached hydrogens (tertiary/aromatic N) is 2. The number of carbonyl (C=O) groups is 1. The van der Waals surface area contributed by atoms with Gasteiger partial charge in [0.25, 0.3) is 0 Å². The predicted molar refractivity (Wildman–Crippen MR) is 60.5 cm³/mol. The molecule has 0 unspecified atom stereocenters. The van der Waals surface area contributed by atoms with E-state index in [1.165, 1.54) is 0 Å². The molecule has 1 aromatic carbocycles. The van der Waals surface area contributed by atoms with Gasteiger partial charge in [0.15, 0.2) is 0 Å². The van der Waals surface area contributed by atoms with Crippen LogP contribution in [0.1, 0.15) is 5.56 Å². The van der Waals surface area contributed by atoms with Crippen LogP contribution in [0, 0.1) is 0 Å². The summed E-state index contributed by atoms with van der Waals surface area (Å²) in [4.78, 5) is 12.9. The zero-order valence-corrected chi connectivity index (χ0v) is 9.26. The van der Waals surface area contributed by atoms with Crippen molar-refractivity contribution in [3.63, 3.8) is 0 Å². The molecule has 0 spiro atoms. The van der Waals surface area contributed by atoms with Crippen LogP contribution >= 0.6 is 0 Å². The lowest BCUT2D eigenvalue weighted by Gasteiger charge is -2.04. The first-order valence-electron chi connectivity index (χ1n) is 5.29. The molecule has 0 bridgehead atoms. The normalized spacial score (nSPS) is 15.7. The highest BCUT2D eigenvalue weighted by atomic mass is 16.4. The SMILES string of the molecule is CN1CC[N+](Cc2ccccc2)=C1C(=O)O. The van der Waals surface area contributed by atoms with Gasteiger partial charge >= 0.3 is 11.8 Å². The van der Waals surface area contributed by atoms with Gasteiger partial charge in [0.1, 0.15) is 19.6 Å². The van der Waals surface area contributed by atoms with Crippen molar-refractivity contribution in [2.75, 3.05) is 20.1 Å². The van der Waals surface area contributed by atoms with E-state index in [2.05, 4.69) is 0 Å². The van der Waals surface area contributed by atoms with E-state index in [0.29, 0.717) is 12.4 Å². The van der Waals surface area contributed by atoms with Crippen LogP contribution in [0.3, 0.4) is 0 Å². The topological polar surface area (TPSA) is 43.5 Å². The Morgan fingerprint density at radius 2 is 2.12 bits per heavy atom. The number of benzene rings is 1. The number of hydrogen-bond donors (Lipinski definition) is 1. The Morgan fingerprint density at radius 3 is 2.75 bits per heavy atom. The molecule has 0 amide bonds. The standard InChI is InChI=1S/C12H14N2O2/c1-13-7-8-14(11(13)12(15)16)9-10-5-3-2-4-6-10/h2-6H,7-9H2,1H3/p+1. The van der Waals surface area contributed by atoms with Gasteiger partial charge in [0.2, 0.25) is 0 Å². The van der Waals surface area contributed by atoms with Crippen molar-refractivity contribution in [1.29, 1.82) is 0 Å². The van der Waals surface area contributed by atoms with Crippen molar-refractivity contribution in [1.82, 2.24) is 4.90 Å². The molecule has 1 aliphatic heterocycles. The van der Waals surface area contributed by atoms with Crippen molar-refractivity contribution >= 4 is 11.8 Å². The predicted octanol–water partition coefficient (Wildman–Crippen LogP) is 0.628. The van der Waals surface area contributed by atoms with Crippen LogP contribution in [-0.4, -0.2) is 46.5 Å². The summed E-state index contributed by atoms with van der Waals surface area (Å²) in [7, 11) is 1.81. The number of carboxylic acids is 1. The molecule has 1 aliphatic rings. The minimum absolute atomic E-state index is 0.392. The van der Waals surface area contributed by atoms with Crippen molar-refractivity contribution in [2.45, 2.75) is 6.54 Å². The van der Waals surface area contributed by atoms with Crippen LogP contribution in [0.15, 0.2) is 30.3 Å². The minimum Gasteiger partial charge on any atom is -0.472 e. The van der Waals surface area contributed by atoms with E-state index in [4.69, 9.17) is 5.11 Å². The molecular formula is C12H15N2O2+. The Hall–Kier alpha value is -1.84. The molecule has 2 rings (SSSR count). The van der Waals surface area contributed by atoms with E-state index in [0.717, 1.165) is 18.7 Å². The van der Waals surface area contributed by atoms with Gasteiger partial charge in [-0.2, -0.15) is 0 Å². The highest BCUT2D eigenvalue weighted by Crippen LogP contribution is 2.06. The van der Waals surface area contributed by atoms with Crippen LogP contribution in [0.4, 0.5) is 0 Å². The van der Waals surface area contributed by atoms with Crippen molar-refractivity contribution in [3.8, 4) is 0 Å².